The first-order chi connectivity index (χ1) is 20.1. The van der Waals surface area contributed by atoms with Crippen molar-refractivity contribution in [3.63, 3.8) is 0 Å². The van der Waals surface area contributed by atoms with Gasteiger partial charge in [-0.2, -0.15) is 5.10 Å². The molecule has 5 aromatic rings. The van der Waals surface area contributed by atoms with Gasteiger partial charge in [0.1, 0.15) is 23.9 Å². The Morgan fingerprint density at radius 3 is 2.29 bits per heavy atom. The molecular formula is C34H28N2O5. The van der Waals surface area contributed by atoms with Crippen LogP contribution in [0.15, 0.2) is 120 Å². The largest absolute Gasteiger partial charge is 0.494 e. The van der Waals surface area contributed by atoms with E-state index in [4.69, 9.17) is 14.2 Å². The third-order valence-corrected chi connectivity index (χ3v) is 6.26. The number of carbonyl (C=O) groups is 2. The van der Waals surface area contributed by atoms with Gasteiger partial charge in [-0.15, -0.1) is 0 Å². The molecule has 0 atom stereocenters. The van der Waals surface area contributed by atoms with E-state index < -0.39 is 11.9 Å². The summed E-state index contributed by atoms with van der Waals surface area (Å²) in [6.07, 6.45) is 1.48. The fraction of sp³-hybridized carbons (Fsp3) is 0.0882. The molecule has 5 aromatic carbocycles. The number of amides is 1. The number of esters is 1. The maximum atomic E-state index is 13.1. The van der Waals surface area contributed by atoms with Crippen LogP contribution in [0.5, 0.6) is 17.2 Å². The van der Waals surface area contributed by atoms with Crippen molar-refractivity contribution in [1.82, 2.24) is 5.43 Å². The Labute approximate surface area is 238 Å². The summed E-state index contributed by atoms with van der Waals surface area (Å²) in [6, 6.07) is 34.7. The first-order valence-corrected chi connectivity index (χ1v) is 13.2. The second-order valence-corrected chi connectivity index (χ2v) is 9.01. The monoisotopic (exact) mass is 544 g/mol. The molecule has 7 heteroatoms. The van der Waals surface area contributed by atoms with Gasteiger partial charge in [0.05, 0.1) is 23.9 Å². The average Bonchev–Trinajstić information content (AvgIpc) is 3.02. The number of benzene rings is 5. The van der Waals surface area contributed by atoms with E-state index in [1.165, 1.54) is 6.21 Å². The summed E-state index contributed by atoms with van der Waals surface area (Å²) in [5, 5.41) is 5.96. The van der Waals surface area contributed by atoms with Crippen molar-refractivity contribution in [2.45, 2.75) is 13.5 Å². The Morgan fingerprint density at radius 1 is 0.756 bits per heavy atom. The van der Waals surface area contributed by atoms with E-state index in [1.54, 1.807) is 48.5 Å². The van der Waals surface area contributed by atoms with Crippen LogP contribution in [0.25, 0.3) is 10.8 Å². The number of hydrogen-bond donors (Lipinski definition) is 1. The van der Waals surface area contributed by atoms with Gasteiger partial charge in [-0.1, -0.05) is 72.8 Å². The van der Waals surface area contributed by atoms with Gasteiger partial charge < -0.3 is 14.2 Å². The van der Waals surface area contributed by atoms with Gasteiger partial charge in [0.15, 0.2) is 0 Å². The highest BCUT2D eigenvalue weighted by molar-refractivity contribution is 6.04. The molecule has 0 aliphatic heterocycles. The van der Waals surface area contributed by atoms with Crippen molar-refractivity contribution in [2.75, 3.05) is 6.61 Å². The molecule has 1 N–H and O–H groups in total. The number of rotatable bonds is 10. The number of para-hydroxylation sites is 1. The maximum Gasteiger partial charge on any atom is 0.343 e. The number of nitrogens with one attached hydrogen (secondary N) is 1. The van der Waals surface area contributed by atoms with Crippen LogP contribution in [0, 0.1) is 0 Å². The third kappa shape index (κ3) is 6.78. The molecule has 7 nitrogen and oxygen atoms in total. The smallest absolute Gasteiger partial charge is 0.343 e. The Morgan fingerprint density at radius 2 is 1.49 bits per heavy atom. The van der Waals surface area contributed by atoms with E-state index in [9.17, 15) is 9.59 Å². The molecule has 0 aliphatic rings. The quantitative estimate of drug-likeness (QED) is 0.0904. The Balaban J connectivity index is 1.34. The maximum absolute atomic E-state index is 13.1. The summed E-state index contributed by atoms with van der Waals surface area (Å²) in [7, 11) is 0. The molecule has 0 fully saturated rings. The van der Waals surface area contributed by atoms with Crippen LogP contribution in [0.1, 0.15) is 38.8 Å². The number of hydrogen-bond acceptors (Lipinski definition) is 6. The summed E-state index contributed by atoms with van der Waals surface area (Å²) in [5.41, 5.74) is 4.85. The fourth-order valence-corrected chi connectivity index (χ4v) is 4.24. The van der Waals surface area contributed by atoms with Crippen molar-refractivity contribution in [3.8, 4) is 17.2 Å². The molecule has 0 radical (unpaired) electrons. The van der Waals surface area contributed by atoms with Crippen LogP contribution in [0.3, 0.4) is 0 Å². The summed E-state index contributed by atoms with van der Waals surface area (Å²) < 4.78 is 17.1. The van der Waals surface area contributed by atoms with Crippen molar-refractivity contribution >= 4 is 28.9 Å². The number of fused-ring (bicyclic) bond motifs is 1. The van der Waals surface area contributed by atoms with E-state index in [0.717, 1.165) is 16.3 Å². The van der Waals surface area contributed by atoms with Gasteiger partial charge >= 0.3 is 5.97 Å². The minimum atomic E-state index is -0.522. The van der Waals surface area contributed by atoms with E-state index in [1.807, 2.05) is 73.7 Å². The summed E-state index contributed by atoms with van der Waals surface area (Å²) in [5.74, 6) is 0.473. The fourth-order valence-electron chi connectivity index (χ4n) is 4.24. The number of carbonyl (C=O) groups excluding carboxylic acids is 2. The van der Waals surface area contributed by atoms with Crippen LogP contribution < -0.4 is 19.6 Å². The van der Waals surface area contributed by atoms with Gasteiger partial charge in [-0.05, 0) is 65.7 Å². The summed E-state index contributed by atoms with van der Waals surface area (Å²) >= 11 is 0. The summed E-state index contributed by atoms with van der Waals surface area (Å²) in [6.45, 7) is 2.76. The number of ether oxygens (including phenoxy) is 3. The number of hydrazone groups is 1. The Hall–Kier alpha value is -5.43. The lowest BCUT2D eigenvalue weighted by molar-refractivity contribution is 0.0734. The standard InChI is InChI=1S/C34H28N2O5/c1-2-39-27-19-16-26(17-20-27)34(38)41-32-21-18-25-12-6-7-13-28(25)30(32)22-35-36-33(37)29-14-8-9-15-31(29)40-23-24-10-4-3-5-11-24/h3-22H,2,23H2,1H3,(H,36,37)/b35-22+. The predicted molar refractivity (Wildman–Crippen MR) is 159 cm³/mol. The Kier molecular flexibility index (Phi) is 8.66. The van der Waals surface area contributed by atoms with E-state index in [2.05, 4.69) is 10.5 Å². The van der Waals surface area contributed by atoms with Crippen molar-refractivity contribution in [2.24, 2.45) is 5.10 Å². The van der Waals surface area contributed by atoms with Crippen molar-refractivity contribution in [1.29, 1.82) is 0 Å². The molecule has 0 saturated heterocycles. The molecule has 0 aromatic heterocycles. The average molecular weight is 545 g/mol. The van der Waals surface area contributed by atoms with Crippen LogP contribution in [0.2, 0.25) is 0 Å². The molecule has 5 rings (SSSR count). The molecule has 0 aliphatic carbocycles. The highest BCUT2D eigenvalue weighted by atomic mass is 16.5. The lowest BCUT2D eigenvalue weighted by Crippen LogP contribution is -2.19. The van der Waals surface area contributed by atoms with Gasteiger partial charge in [0.2, 0.25) is 0 Å². The zero-order chi connectivity index (χ0) is 28.4. The van der Waals surface area contributed by atoms with Crippen LogP contribution in [0.4, 0.5) is 0 Å². The normalized spacial score (nSPS) is 10.9. The van der Waals surface area contributed by atoms with E-state index in [-0.39, 0.29) is 0 Å². The van der Waals surface area contributed by atoms with Gasteiger partial charge in [0, 0.05) is 5.56 Å². The molecule has 0 heterocycles. The van der Waals surface area contributed by atoms with Crippen molar-refractivity contribution in [3.05, 3.63) is 138 Å². The molecule has 0 bridgehead atoms. The third-order valence-electron chi connectivity index (χ3n) is 6.26. The van der Waals surface area contributed by atoms with E-state index >= 15 is 0 Å². The summed E-state index contributed by atoms with van der Waals surface area (Å²) in [4.78, 5) is 26.0. The molecule has 1 amide bonds. The van der Waals surface area contributed by atoms with Gasteiger partial charge in [-0.3, -0.25) is 4.79 Å². The molecule has 0 unspecified atom stereocenters. The Bertz CT molecular complexity index is 1680. The molecule has 0 saturated carbocycles. The molecular weight excluding hydrogens is 516 g/mol. The van der Waals surface area contributed by atoms with Crippen LogP contribution in [-0.2, 0) is 6.61 Å². The first kappa shape index (κ1) is 27.1. The highest BCUT2D eigenvalue weighted by Gasteiger charge is 2.15. The highest BCUT2D eigenvalue weighted by Crippen LogP contribution is 2.28. The van der Waals surface area contributed by atoms with Gasteiger partial charge in [-0.25, -0.2) is 10.2 Å². The lowest BCUT2D eigenvalue weighted by atomic mass is 10.0. The second-order valence-electron chi connectivity index (χ2n) is 9.01. The van der Waals surface area contributed by atoms with Gasteiger partial charge in [0.25, 0.3) is 5.91 Å². The minimum absolute atomic E-state index is 0.312. The van der Waals surface area contributed by atoms with Crippen LogP contribution >= 0.6 is 0 Å². The predicted octanol–water partition coefficient (Wildman–Crippen LogP) is 6.80. The second kappa shape index (κ2) is 13.1. The molecule has 41 heavy (non-hydrogen) atoms. The van der Waals surface area contributed by atoms with Crippen molar-refractivity contribution < 1.29 is 23.8 Å². The molecule has 204 valence electrons. The zero-order valence-corrected chi connectivity index (χ0v) is 22.4. The number of nitrogens with zero attached hydrogens (tertiary/aromatic N) is 1. The SMILES string of the molecule is CCOc1ccc(C(=O)Oc2ccc3ccccc3c2/C=N/NC(=O)c2ccccc2OCc2ccccc2)cc1. The van der Waals surface area contributed by atoms with E-state index in [0.29, 0.717) is 47.2 Å². The topological polar surface area (TPSA) is 86.2 Å². The lowest BCUT2D eigenvalue weighted by Gasteiger charge is -2.12. The first-order valence-electron chi connectivity index (χ1n) is 13.2. The molecule has 0 spiro atoms. The van der Waals surface area contributed by atoms with Crippen LogP contribution in [-0.4, -0.2) is 24.7 Å². The minimum Gasteiger partial charge on any atom is -0.494 e. The zero-order valence-electron chi connectivity index (χ0n) is 22.4.